The fourth-order valence-corrected chi connectivity index (χ4v) is 4.77. The number of rotatable bonds is 4. The second-order valence-corrected chi connectivity index (χ2v) is 9.05. The van der Waals surface area contributed by atoms with Gasteiger partial charge in [0.2, 0.25) is 0 Å². The van der Waals surface area contributed by atoms with Crippen molar-refractivity contribution in [3.8, 4) is 17.2 Å². The van der Waals surface area contributed by atoms with Crippen molar-refractivity contribution >= 4 is 33.9 Å². The maximum absolute atomic E-state index is 15.3. The predicted octanol–water partition coefficient (Wildman–Crippen LogP) is 3.22. The number of benzene rings is 1. The van der Waals surface area contributed by atoms with E-state index in [4.69, 9.17) is 9.47 Å². The molecule has 0 spiro atoms. The Labute approximate surface area is 210 Å². The van der Waals surface area contributed by atoms with Crippen molar-refractivity contribution in [2.75, 3.05) is 36.5 Å². The lowest BCUT2D eigenvalue weighted by atomic mass is 10.1. The van der Waals surface area contributed by atoms with Gasteiger partial charge in [0.25, 0.3) is 0 Å². The summed E-state index contributed by atoms with van der Waals surface area (Å²) in [6.07, 6.45) is 6.33. The topological polar surface area (TPSA) is 115 Å². The molecule has 2 bridgehead atoms. The van der Waals surface area contributed by atoms with E-state index in [1.54, 1.807) is 35.1 Å². The molecule has 12 heteroatoms. The number of hydrogen-bond acceptors (Lipinski definition) is 10. The molecule has 4 aromatic heterocycles. The summed E-state index contributed by atoms with van der Waals surface area (Å²) in [6.45, 7) is 4.84. The Morgan fingerprint density at radius 3 is 3.05 bits per heavy atom. The second-order valence-electron chi connectivity index (χ2n) is 9.05. The lowest BCUT2D eigenvalue weighted by Crippen LogP contribution is -2.51. The molecule has 0 radical (unpaired) electrons. The first-order valence-electron chi connectivity index (χ1n) is 11.9. The highest BCUT2D eigenvalue weighted by Crippen LogP contribution is 2.40. The highest BCUT2D eigenvalue weighted by Gasteiger charge is 2.30. The van der Waals surface area contributed by atoms with Crippen LogP contribution in [-0.4, -0.2) is 61.8 Å². The fourth-order valence-electron chi connectivity index (χ4n) is 4.77. The molecule has 1 fully saturated rings. The van der Waals surface area contributed by atoms with Crippen molar-refractivity contribution < 1.29 is 13.9 Å². The van der Waals surface area contributed by atoms with Gasteiger partial charge >= 0.3 is 0 Å². The highest BCUT2D eigenvalue weighted by atomic mass is 19.1. The largest absolute Gasteiger partial charge is 0.487 e. The lowest BCUT2D eigenvalue weighted by Gasteiger charge is -2.31. The van der Waals surface area contributed by atoms with E-state index >= 15 is 4.39 Å². The molecule has 5 aromatic rings. The third kappa shape index (κ3) is 3.82. The average molecular weight is 500 g/mol. The number of fused-ring (bicyclic) bond motifs is 7. The van der Waals surface area contributed by atoms with E-state index in [2.05, 4.69) is 40.6 Å². The lowest BCUT2D eigenvalue weighted by molar-refractivity contribution is 0.273. The summed E-state index contributed by atoms with van der Waals surface area (Å²) >= 11 is 0. The number of aromatic nitrogens is 6. The van der Waals surface area contributed by atoms with Crippen LogP contribution in [0.25, 0.3) is 16.6 Å². The molecule has 0 unspecified atom stereocenters. The van der Waals surface area contributed by atoms with Crippen molar-refractivity contribution in [2.24, 2.45) is 0 Å². The van der Waals surface area contributed by atoms with Gasteiger partial charge < -0.3 is 25.0 Å². The molecule has 6 heterocycles. The molecule has 0 aliphatic carbocycles. The molecule has 2 aliphatic heterocycles. The Morgan fingerprint density at radius 1 is 1.16 bits per heavy atom. The first-order valence-corrected chi connectivity index (χ1v) is 11.9. The van der Waals surface area contributed by atoms with Gasteiger partial charge in [-0.05, 0) is 24.6 Å². The smallest absolute Gasteiger partial charge is 0.174 e. The third-order valence-electron chi connectivity index (χ3n) is 6.60. The number of aryl methyl sites for hydroxylation is 1. The molecular formula is C25H22FN9O2. The summed E-state index contributed by atoms with van der Waals surface area (Å²) in [5.74, 6) is 2.24. The first-order chi connectivity index (χ1) is 18.1. The average Bonchev–Trinajstić information content (AvgIpc) is 3.33. The van der Waals surface area contributed by atoms with Gasteiger partial charge in [-0.25, -0.2) is 28.8 Å². The van der Waals surface area contributed by atoms with Crippen LogP contribution in [0.2, 0.25) is 0 Å². The zero-order valence-corrected chi connectivity index (χ0v) is 19.8. The molecule has 0 amide bonds. The third-order valence-corrected chi connectivity index (χ3v) is 6.60. The van der Waals surface area contributed by atoms with Gasteiger partial charge in [-0.15, -0.1) is 0 Å². The van der Waals surface area contributed by atoms with Gasteiger partial charge in [-0.1, -0.05) is 0 Å². The van der Waals surface area contributed by atoms with Crippen molar-refractivity contribution in [3.05, 3.63) is 60.7 Å². The van der Waals surface area contributed by atoms with E-state index in [1.165, 1.54) is 18.7 Å². The van der Waals surface area contributed by atoms with Crippen molar-refractivity contribution in [1.29, 1.82) is 0 Å². The zero-order chi connectivity index (χ0) is 24.9. The number of halogens is 1. The van der Waals surface area contributed by atoms with Crippen LogP contribution in [0.15, 0.2) is 49.3 Å². The minimum atomic E-state index is -0.485. The molecule has 1 aromatic carbocycles. The van der Waals surface area contributed by atoms with Crippen LogP contribution >= 0.6 is 0 Å². The second kappa shape index (κ2) is 8.52. The molecule has 11 nitrogen and oxygen atoms in total. The molecule has 2 N–H and O–H groups in total. The van der Waals surface area contributed by atoms with Gasteiger partial charge in [-0.3, -0.25) is 0 Å². The molecule has 1 atom stereocenters. The van der Waals surface area contributed by atoms with Crippen molar-refractivity contribution in [3.63, 3.8) is 0 Å². The molecule has 0 saturated carbocycles. The molecule has 186 valence electrons. The maximum Gasteiger partial charge on any atom is 0.174 e. The normalized spacial score (nSPS) is 16.8. The van der Waals surface area contributed by atoms with Crippen LogP contribution in [0.3, 0.4) is 0 Å². The van der Waals surface area contributed by atoms with Crippen LogP contribution in [-0.2, 0) is 0 Å². The number of nitrogens with one attached hydrogen (secondary N) is 2. The van der Waals surface area contributed by atoms with E-state index in [0.29, 0.717) is 46.2 Å². The highest BCUT2D eigenvalue weighted by molar-refractivity contribution is 5.98. The molecule has 7 rings (SSSR count). The Bertz CT molecular complexity index is 1660. The molecular weight excluding hydrogens is 477 g/mol. The van der Waals surface area contributed by atoms with Gasteiger partial charge in [0.15, 0.2) is 17.2 Å². The van der Waals surface area contributed by atoms with Gasteiger partial charge in [-0.2, -0.15) is 5.10 Å². The number of hydrogen-bond donors (Lipinski definition) is 2. The minimum Gasteiger partial charge on any atom is -0.487 e. The fraction of sp³-hybridized carbons (Fsp3) is 0.240. The van der Waals surface area contributed by atoms with Crippen LogP contribution in [0.4, 0.5) is 21.7 Å². The maximum atomic E-state index is 15.3. The zero-order valence-electron chi connectivity index (χ0n) is 19.8. The van der Waals surface area contributed by atoms with Crippen LogP contribution in [0, 0.1) is 12.7 Å². The van der Waals surface area contributed by atoms with E-state index < -0.39 is 5.82 Å². The van der Waals surface area contributed by atoms with Crippen LogP contribution < -0.4 is 25.0 Å². The van der Waals surface area contributed by atoms with E-state index in [0.717, 1.165) is 31.0 Å². The summed E-state index contributed by atoms with van der Waals surface area (Å²) in [7, 11) is 0. The van der Waals surface area contributed by atoms with E-state index in [9.17, 15) is 0 Å². The van der Waals surface area contributed by atoms with E-state index in [-0.39, 0.29) is 11.7 Å². The monoisotopic (exact) mass is 499 g/mol. The standard InChI is InChI=1S/C25H22FN9O2/c1-14-6-18(17(26)8-20(14)37-16-2-4-35-21(7-16)30-13-32-35)33-24-22-19(29-12-31-24)9-28-25-23(22)36-11-15-10-34(25)5-3-27-15/h2,4,6-9,12-13,15,27H,3,5,10-11H2,1H3,(H,29,31,33)/t15-/m1/s1. The quantitative estimate of drug-likeness (QED) is 0.382. The minimum absolute atomic E-state index is 0.206. The number of pyridine rings is 2. The molecule has 1 saturated heterocycles. The SMILES string of the molecule is Cc1cc(Nc2ncnc3cnc4c(c23)OC[C@H]2CN4CCN2)c(F)cc1Oc1ccn2ncnc2c1. The summed E-state index contributed by atoms with van der Waals surface area (Å²) in [6, 6.07) is 6.74. The Hall–Kier alpha value is -4.58. The predicted molar refractivity (Wildman–Crippen MR) is 134 cm³/mol. The Kier molecular flexibility index (Phi) is 4.99. The first kappa shape index (κ1) is 21.7. The number of anilines is 3. The number of ether oxygens (including phenoxy) is 2. The number of nitrogens with zero attached hydrogens (tertiary/aromatic N) is 7. The van der Waals surface area contributed by atoms with Gasteiger partial charge in [0.1, 0.15) is 42.4 Å². The van der Waals surface area contributed by atoms with Gasteiger partial charge in [0, 0.05) is 38.0 Å². The summed E-state index contributed by atoms with van der Waals surface area (Å²) in [5.41, 5.74) is 2.25. The van der Waals surface area contributed by atoms with Crippen LogP contribution in [0.1, 0.15) is 5.56 Å². The van der Waals surface area contributed by atoms with Crippen molar-refractivity contribution in [2.45, 2.75) is 13.0 Å². The van der Waals surface area contributed by atoms with E-state index in [1.807, 2.05) is 6.92 Å². The summed E-state index contributed by atoms with van der Waals surface area (Å²) in [4.78, 5) is 19.8. The van der Waals surface area contributed by atoms with Crippen molar-refractivity contribution in [1.82, 2.24) is 34.9 Å². The summed E-state index contributed by atoms with van der Waals surface area (Å²) in [5, 5.41) is 11.4. The molecule has 2 aliphatic rings. The molecule has 37 heavy (non-hydrogen) atoms. The van der Waals surface area contributed by atoms with Gasteiger partial charge in [0.05, 0.1) is 28.8 Å². The number of piperazine rings is 1. The Morgan fingerprint density at radius 2 is 2.11 bits per heavy atom. The van der Waals surface area contributed by atoms with Crippen LogP contribution in [0.5, 0.6) is 17.2 Å². The Balaban J connectivity index is 1.24. The summed E-state index contributed by atoms with van der Waals surface area (Å²) < 4.78 is 29.1.